The molecule has 1 atom stereocenters. The first kappa shape index (κ1) is 21.3. The maximum absolute atomic E-state index is 13.2. The van der Waals surface area contributed by atoms with Crippen LogP contribution in [-0.2, 0) is 0 Å². The van der Waals surface area contributed by atoms with Crippen molar-refractivity contribution in [1.82, 2.24) is 15.5 Å². The molecule has 1 amide bonds. The van der Waals surface area contributed by atoms with Crippen LogP contribution in [0.3, 0.4) is 0 Å². The Kier molecular flexibility index (Phi) is 8.08. The highest BCUT2D eigenvalue weighted by Gasteiger charge is 2.43. The Morgan fingerprint density at radius 3 is 2.50 bits per heavy atom. The molecule has 1 aromatic rings. The molecule has 24 heavy (non-hydrogen) atoms. The van der Waals surface area contributed by atoms with Gasteiger partial charge in [0.25, 0.3) is 5.91 Å². The largest absolute Gasteiger partial charge is 0.405 e. The van der Waals surface area contributed by atoms with Gasteiger partial charge < -0.3 is 10.6 Å². The van der Waals surface area contributed by atoms with Crippen molar-refractivity contribution in [3.8, 4) is 0 Å². The smallest absolute Gasteiger partial charge is 0.350 e. The highest BCUT2D eigenvalue weighted by molar-refractivity contribution is 6.35. The molecule has 1 saturated heterocycles. The maximum Gasteiger partial charge on any atom is 0.405 e. The number of alkyl halides is 3. The fourth-order valence-corrected chi connectivity index (χ4v) is 2.78. The molecule has 0 aromatic heterocycles. The Morgan fingerprint density at radius 1 is 1.29 bits per heavy atom. The van der Waals surface area contributed by atoms with Crippen molar-refractivity contribution in [3.63, 3.8) is 0 Å². The van der Waals surface area contributed by atoms with Gasteiger partial charge in [0.1, 0.15) is 6.04 Å². The van der Waals surface area contributed by atoms with E-state index in [-0.39, 0.29) is 41.1 Å². The number of benzene rings is 1. The van der Waals surface area contributed by atoms with Crippen LogP contribution in [0.1, 0.15) is 10.4 Å². The molecule has 2 N–H and O–H groups in total. The number of halogens is 6. The summed E-state index contributed by atoms with van der Waals surface area (Å²) in [5, 5.41) is 5.73. The lowest BCUT2D eigenvalue weighted by molar-refractivity contribution is -0.183. The molecule has 2 rings (SSSR count). The minimum absolute atomic E-state index is 0. The minimum atomic E-state index is -4.43. The van der Waals surface area contributed by atoms with Crippen LogP contribution in [0.15, 0.2) is 18.2 Å². The number of piperazine rings is 1. The van der Waals surface area contributed by atoms with Gasteiger partial charge in [0.05, 0.1) is 10.6 Å². The second-order valence-electron chi connectivity index (χ2n) is 5.18. The van der Waals surface area contributed by atoms with Crippen LogP contribution in [0.5, 0.6) is 0 Å². The van der Waals surface area contributed by atoms with Crippen LogP contribution < -0.4 is 10.6 Å². The second-order valence-corrected chi connectivity index (χ2v) is 6.02. The van der Waals surface area contributed by atoms with Crippen molar-refractivity contribution in [2.75, 3.05) is 32.7 Å². The van der Waals surface area contributed by atoms with E-state index < -0.39 is 24.7 Å². The van der Waals surface area contributed by atoms with Gasteiger partial charge in [-0.25, -0.2) is 0 Å². The summed E-state index contributed by atoms with van der Waals surface area (Å²) >= 11 is 11.7. The summed E-state index contributed by atoms with van der Waals surface area (Å²) in [4.78, 5) is 13.4. The molecule has 0 radical (unpaired) electrons. The fraction of sp³-hybridized carbons (Fsp3) is 0.500. The van der Waals surface area contributed by atoms with Crippen LogP contribution in [0.2, 0.25) is 10.0 Å². The van der Waals surface area contributed by atoms with Crippen molar-refractivity contribution in [1.29, 1.82) is 0 Å². The standard InChI is InChI=1S/C14H16Cl2F3N3O.ClH/c15-9-1-2-11(16)10(7-9)13(23)21-8-12(14(17,18)19)22-5-3-20-4-6-22;/h1-2,7,12,20H,3-6,8H2,(H,21,23);1H. The van der Waals surface area contributed by atoms with Crippen molar-refractivity contribution >= 4 is 41.5 Å². The molecule has 1 fully saturated rings. The van der Waals surface area contributed by atoms with E-state index in [1.807, 2.05) is 0 Å². The number of nitrogens with one attached hydrogen (secondary N) is 2. The normalized spacial score (nSPS) is 17.0. The van der Waals surface area contributed by atoms with Crippen molar-refractivity contribution < 1.29 is 18.0 Å². The predicted octanol–water partition coefficient (Wildman–Crippen LogP) is 2.98. The van der Waals surface area contributed by atoms with E-state index in [1.165, 1.54) is 23.1 Å². The monoisotopic (exact) mass is 405 g/mol. The lowest BCUT2D eigenvalue weighted by Gasteiger charge is -2.35. The number of amides is 1. The molecule has 1 aliphatic heterocycles. The molecule has 0 bridgehead atoms. The maximum atomic E-state index is 13.2. The molecule has 0 spiro atoms. The summed E-state index contributed by atoms with van der Waals surface area (Å²) in [5.74, 6) is -0.679. The first-order chi connectivity index (χ1) is 10.8. The van der Waals surface area contributed by atoms with Gasteiger partial charge in [-0.15, -0.1) is 12.4 Å². The zero-order valence-corrected chi connectivity index (χ0v) is 14.8. The zero-order chi connectivity index (χ0) is 17.0. The third-order valence-corrected chi connectivity index (χ3v) is 4.16. The van der Waals surface area contributed by atoms with Crippen LogP contribution in [0.25, 0.3) is 0 Å². The number of nitrogens with zero attached hydrogens (tertiary/aromatic N) is 1. The molecule has 136 valence electrons. The first-order valence-electron chi connectivity index (χ1n) is 7.04. The zero-order valence-electron chi connectivity index (χ0n) is 12.5. The van der Waals surface area contributed by atoms with Gasteiger partial charge in [-0.05, 0) is 18.2 Å². The molecular weight excluding hydrogens is 390 g/mol. The Morgan fingerprint density at radius 2 is 1.92 bits per heavy atom. The van der Waals surface area contributed by atoms with Gasteiger partial charge >= 0.3 is 6.18 Å². The van der Waals surface area contributed by atoms with Crippen molar-refractivity contribution in [2.45, 2.75) is 12.2 Å². The molecule has 0 aliphatic carbocycles. The van der Waals surface area contributed by atoms with Gasteiger partial charge in [-0.3, -0.25) is 9.69 Å². The van der Waals surface area contributed by atoms with E-state index in [9.17, 15) is 18.0 Å². The fourth-order valence-electron chi connectivity index (χ4n) is 2.40. The number of carbonyl (C=O) groups excluding carboxylic acids is 1. The van der Waals surface area contributed by atoms with Crippen LogP contribution in [0.4, 0.5) is 13.2 Å². The molecule has 1 heterocycles. The van der Waals surface area contributed by atoms with Gasteiger partial charge in [-0.2, -0.15) is 13.2 Å². The first-order valence-corrected chi connectivity index (χ1v) is 7.79. The van der Waals surface area contributed by atoms with E-state index in [0.29, 0.717) is 13.1 Å². The summed E-state index contributed by atoms with van der Waals surface area (Å²) in [5.41, 5.74) is 0.0559. The number of rotatable bonds is 4. The molecule has 0 saturated carbocycles. The van der Waals surface area contributed by atoms with E-state index in [1.54, 1.807) is 0 Å². The van der Waals surface area contributed by atoms with E-state index in [4.69, 9.17) is 23.2 Å². The van der Waals surface area contributed by atoms with E-state index in [0.717, 1.165) is 0 Å². The third-order valence-electron chi connectivity index (χ3n) is 3.60. The Balaban J connectivity index is 0.00000288. The summed E-state index contributed by atoms with van der Waals surface area (Å²) in [6.07, 6.45) is -4.43. The molecule has 1 aromatic carbocycles. The van der Waals surface area contributed by atoms with E-state index in [2.05, 4.69) is 10.6 Å². The summed E-state index contributed by atoms with van der Waals surface area (Å²) in [7, 11) is 0. The topological polar surface area (TPSA) is 44.4 Å². The number of carbonyl (C=O) groups is 1. The number of hydrogen-bond donors (Lipinski definition) is 2. The average molecular weight is 407 g/mol. The average Bonchev–Trinajstić information content (AvgIpc) is 2.49. The highest BCUT2D eigenvalue weighted by Crippen LogP contribution is 2.25. The van der Waals surface area contributed by atoms with Crippen LogP contribution in [0, 0.1) is 0 Å². The quantitative estimate of drug-likeness (QED) is 0.808. The molecule has 4 nitrogen and oxygen atoms in total. The highest BCUT2D eigenvalue weighted by atomic mass is 35.5. The number of hydrogen-bond acceptors (Lipinski definition) is 3. The lowest BCUT2D eigenvalue weighted by atomic mass is 10.1. The van der Waals surface area contributed by atoms with Gasteiger partial charge in [0.2, 0.25) is 0 Å². The Labute approximate surface area is 154 Å². The van der Waals surface area contributed by atoms with Crippen LogP contribution in [-0.4, -0.2) is 55.7 Å². The summed E-state index contributed by atoms with van der Waals surface area (Å²) in [6.45, 7) is 0.989. The van der Waals surface area contributed by atoms with Crippen molar-refractivity contribution in [2.24, 2.45) is 0 Å². The van der Waals surface area contributed by atoms with Gasteiger partial charge in [-0.1, -0.05) is 23.2 Å². The molecule has 1 aliphatic rings. The second kappa shape index (κ2) is 9.10. The lowest BCUT2D eigenvalue weighted by Crippen LogP contribution is -2.57. The minimum Gasteiger partial charge on any atom is -0.350 e. The van der Waals surface area contributed by atoms with Gasteiger partial charge in [0, 0.05) is 37.7 Å². The summed E-state index contributed by atoms with van der Waals surface area (Å²) < 4.78 is 39.7. The predicted molar refractivity (Wildman–Crippen MR) is 90.3 cm³/mol. The van der Waals surface area contributed by atoms with E-state index >= 15 is 0 Å². The molecule has 10 heteroatoms. The third kappa shape index (κ3) is 5.67. The SMILES string of the molecule is Cl.O=C(NCC(N1CCNCC1)C(F)(F)F)c1cc(Cl)ccc1Cl. The Hall–Kier alpha value is -0.730. The van der Waals surface area contributed by atoms with Crippen molar-refractivity contribution in [3.05, 3.63) is 33.8 Å². The molecular formula is C14H17Cl3F3N3O. The molecule has 1 unspecified atom stereocenters. The van der Waals surface area contributed by atoms with Gasteiger partial charge in [0.15, 0.2) is 0 Å². The Bertz CT molecular complexity index is 566. The van der Waals surface area contributed by atoms with Crippen LogP contribution >= 0.6 is 35.6 Å². The summed E-state index contributed by atoms with van der Waals surface area (Å²) in [6, 6.07) is 2.52.